The first-order chi connectivity index (χ1) is 14.3. The molecule has 162 valence electrons. The minimum atomic E-state index is -0.628. The van der Waals surface area contributed by atoms with E-state index in [1.165, 1.54) is 12.1 Å². The molecule has 0 saturated carbocycles. The van der Waals surface area contributed by atoms with Gasteiger partial charge < -0.3 is 19.5 Å². The van der Waals surface area contributed by atoms with Crippen molar-refractivity contribution >= 4 is 11.4 Å². The van der Waals surface area contributed by atoms with E-state index in [4.69, 9.17) is 14.2 Å². The van der Waals surface area contributed by atoms with Crippen LogP contribution in [-0.2, 0) is 9.47 Å². The fraction of sp³-hybridized carbons (Fsp3) is 0.435. The number of halogens is 2. The first kappa shape index (κ1) is 23.6. The Balaban J connectivity index is 0.00000155. The number of hydrogen-bond acceptors (Lipinski definition) is 5. The monoisotopic (exact) mass is 418 g/mol. The molecular weight excluding hydrogens is 390 g/mol. The van der Waals surface area contributed by atoms with Crippen molar-refractivity contribution in [1.82, 2.24) is 0 Å². The van der Waals surface area contributed by atoms with Gasteiger partial charge in [-0.1, -0.05) is 19.9 Å². The van der Waals surface area contributed by atoms with Gasteiger partial charge >= 0.3 is 0 Å². The summed E-state index contributed by atoms with van der Waals surface area (Å²) in [6, 6.07) is 8.90. The van der Waals surface area contributed by atoms with Crippen LogP contribution in [0.2, 0.25) is 0 Å². The Kier molecular flexibility index (Phi) is 8.16. The SMILES string of the molecule is CC.Cc1ccc(Nc2cc(F)cc(OCCC3COC(C)(C)O3)c2C#N)c(F)c1. The Labute approximate surface area is 176 Å². The average molecular weight is 418 g/mol. The van der Waals surface area contributed by atoms with E-state index in [0.717, 1.165) is 17.7 Å². The minimum Gasteiger partial charge on any atom is -0.492 e. The molecular formula is C23H28F2N2O3. The van der Waals surface area contributed by atoms with Gasteiger partial charge in [0, 0.05) is 12.5 Å². The van der Waals surface area contributed by atoms with Crippen LogP contribution in [0.15, 0.2) is 30.3 Å². The van der Waals surface area contributed by atoms with E-state index in [0.29, 0.717) is 13.0 Å². The quantitative estimate of drug-likeness (QED) is 0.639. The van der Waals surface area contributed by atoms with Crippen molar-refractivity contribution in [2.75, 3.05) is 18.5 Å². The van der Waals surface area contributed by atoms with Gasteiger partial charge in [0.1, 0.15) is 29.0 Å². The normalized spacial score (nSPS) is 16.9. The molecule has 2 aromatic carbocycles. The highest BCUT2D eigenvalue weighted by Crippen LogP contribution is 2.31. The molecule has 0 aliphatic carbocycles. The predicted molar refractivity (Wildman–Crippen MR) is 112 cm³/mol. The molecule has 1 unspecified atom stereocenters. The second-order valence-electron chi connectivity index (χ2n) is 7.13. The molecule has 1 aliphatic rings. The van der Waals surface area contributed by atoms with Crippen molar-refractivity contribution < 1.29 is 23.0 Å². The maximum Gasteiger partial charge on any atom is 0.163 e. The summed E-state index contributed by atoms with van der Waals surface area (Å²) in [5.41, 5.74) is 1.15. The standard InChI is InChI=1S/C21H22F2N2O3.C2H6/c1-13-4-5-18(17(23)8-13)25-19-9-14(22)10-20(16(19)11-24)26-7-6-15-12-27-21(2,3)28-15;1-2/h4-5,8-10,15,25H,6-7,12H2,1-3H3;1-2H3. The topological polar surface area (TPSA) is 63.5 Å². The zero-order chi connectivity index (χ0) is 22.3. The predicted octanol–water partition coefficient (Wildman–Crippen LogP) is 5.84. The molecule has 2 aromatic rings. The molecule has 5 nitrogen and oxygen atoms in total. The molecule has 1 fully saturated rings. The van der Waals surface area contributed by atoms with Crippen molar-refractivity contribution in [2.45, 2.75) is 52.9 Å². The summed E-state index contributed by atoms with van der Waals surface area (Å²) in [4.78, 5) is 0. The minimum absolute atomic E-state index is 0.0932. The Hall–Kier alpha value is -2.69. The van der Waals surface area contributed by atoms with E-state index in [1.807, 2.05) is 33.8 Å². The maximum atomic E-state index is 14.1. The van der Waals surface area contributed by atoms with Crippen LogP contribution in [0, 0.1) is 29.9 Å². The maximum absolute atomic E-state index is 14.1. The van der Waals surface area contributed by atoms with Crippen LogP contribution in [0.25, 0.3) is 0 Å². The van der Waals surface area contributed by atoms with Crippen LogP contribution < -0.4 is 10.1 Å². The summed E-state index contributed by atoms with van der Waals surface area (Å²) in [6.07, 6.45) is 0.397. The molecule has 1 saturated heterocycles. The molecule has 1 N–H and O–H groups in total. The molecule has 1 atom stereocenters. The van der Waals surface area contributed by atoms with Gasteiger partial charge in [-0.3, -0.25) is 0 Å². The number of ether oxygens (including phenoxy) is 3. The first-order valence-electron chi connectivity index (χ1n) is 9.99. The van der Waals surface area contributed by atoms with Gasteiger partial charge in [0.2, 0.25) is 0 Å². The number of rotatable bonds is 6. The zero-order valence-electron chi connectivity index (χ0n) is 18.0. The van der Waals surface area contributed by atoms with E-state index < -0.39 is 17.4 Å². The fourth-order valence-electron chi connectivity index (χ4n) is 2.98. The van der Waals surface area contributed by atoms with Crippen LogP contribution in [-0.4, -0.2) is 25.1 Å². The number of anilines is 2. The van der Waals surface area contributed by atoms with Gasteiger partial charge in [0.15, 0.2) is 5.79 Å². The van der Waals surface area contributed by atoms with Crippen LogP contribution >= 0.6 is 0 Å². The fourth-order valence-corrected chi connectivity index (χ4v) is 2.98. The summed E-state index contributed by atoms with van der Waals surface area (Å²) in [5.74, 6) is -1.62. The molecule has 1 heterocycles. The highest BCUT2D eigenvalue weighted by Gasteiger charge is 2.32. The Morgan fingerprint density at radius 2 is 1.93 bits per heavy atom. The summed E-state index contributed by atoms with van der Waals surface area (Å²) >= 11 is 0. The van der Waals surface area contributed by atoms with Crippen molar-refractivity contribution in [2.24, 2.45) is 0 Å². The molecule has 7 heteroatoms. The zero-order valence-corrected chi connectivity index (χ0v) is 18.0. The first-order valence-corrected chi connectivity index (χ1v) is 9.99. The molecule has 0 amide bonds. The van der Waals surface area contributed by atoms with Crippen molar-refractivity contribution in [3.05, 3.63) is 53.1 Å². The summed E-state index contributed by atoms with van der Waals surface area (Å²) in [7, 11) is 0. The van der Waals surface area contributed by atoms with Crippen molar-refractivity contribution in [1.29, 1.82) is 5.26 Å². The molecule has 30 heavy (non-hydrogen) atoms. The third-order valence-corrected chi connectivity index (χ3v) is 4.34. The van der Waals surface area contributed by atoms with E-state index >= 15 is 0 Å². The number of nitrogens with one attached hydrogen (secondary N) is 1. The second-order valence-corrected chi connectivity index (χ2v) is 7.13. The largest absolute Gasteiger partial charge is 0.492 e. The summed E-state index contributed by atoms with van der Waals surface area (Å²) in [5, 5.41) is 12.3. The highest BCUT2D eigenvalue weighted by atomic mass is 19.1. The Bertz CT molecular complexity index is 910. The van der Waals surface area contributed by atoms with Crippen LogP contribution in [0.1, 0.15) is 45.2 Å². The average Bonchev–Trinajstić information content (AvgIpc) is 3.04. The van der Waals surface area contributed by atoms with Crippen molar-refractivity contribution in [3.8, 4) is 11.8 Å². The number of nitriles is 1. The lowest BCUT2D eigenvalue weighted by Gasteiger charge is -2.17. The van der Waals surface area contributed by atoms with Gasteiger partial charge in [-0.25, -0.2) is 8.78 Å². The number of aryl methyl sites for hydroxylation is 1. The van der Waals surface area contributed by atoms with Gasteiger partial charge in [-0.2, -0.15) is 5.26 Å². The number of nitrogens with zero attached hydrogens (tertiary/aromatic N) is 1. The van der Waals surface area contributed by atoms with E-state index in [1.54, 1.807) is 13.0 Å². The van der Waals surface area contributed by atoms with Crippen molar-refractivity contribution in [3.63, 3.8) is 0 Å². The summed E-state index contributed by atoms with van der Waals surface area (Å²) in [6.45, 7) is 10.1. The lowest BCUT2D eigenvalue weighted by atomic mass is 10.1. The Morgan fingerprint density at radius 1 is 1.20 bits per heavy atom. The van der Waals surface area contributed by atoms with Crippen LogP contribution in [0.4, 0.5) is 20.2 Å². The second kappa shape index (κ2) is 10.4. The molecule has 0 radical (unpaired) electrons. The molecule has 0 bridgehead atoms. The van der Waals surface area contributed by atoms with Gasteiger partial charge in [0.25, 0.3) is 0 Å². The highest BCUT2D eigenvalue weighted by molar-refractivity contribution is 5.70. The number of hydrogen-bond donors (Lipinski definition) is 1. The lowest BCUT2D eigenvalue weighted by Crippen LogP contribution is -2.22. The molecule has 3 rings (SSSR count). The van der Waals surface area contributed by atoms with Crippen LogP contribution in [0.3, 0.4) is 0 Å². The van der Waals surface area contributed by atoms with E-state index in [9.17, 15) is 14.0 Å². The lowest BCUT2D eigenvalue weighted by molar-refractivity contribution is -0.139. The van der Waals surface area contributed by atoms with Gasteiger partial charge in [-0.15, -0.1) is 0 Å². The van der Waals surface area contributed by atoms with Gasteiger partial charge in [0.05, 0.1) is 30.7 Å². The van der Waals surface area contributed by atoms with E-state index in [2.05, 4.69) is 5.32 Å². The molecule has 1 aliphatic heterocycles. The Morgan fingerprint density at radius 3 is 2.53 bits per heavy atom. The van der Waals surface area contributed by atoms with Gasteiger partial charge in [-0.05, 0) is 44.5 Å². The number of benzene rings is 2. The summed E-state index contributed by atoms with van der Waals surface area (Å²) < 4.78 is 45.0. The third kappa shape index (κ3) is 6.15. The molecule has 0 aromatic heterocycles. The van der Waals surface area contributed by atoms with E-state index in [-0.39, 0.29) is 35.4 Å². The smallest absolute Gasteiger partial charge is 0.163 e. The van der Waals surface area contributed by atoms with Crippen LogP contribution in [0.5, 0.6) is 5.75 Å². The third-order valence-electron chi connectivity index (χ3n) is 4.34. The molecule has 0 spiro atoms.